The normalized spacial score (nSPS) is 8.19. The Kier molecular flexibility index (Phi) is 28.6. The Labute approximate surface area is 196 Å². The van der Waals surface area contributed by atoms with Crippen LogP contribution in [-0.4, -0.2) is 75.4 Å². The molecule has 18 heteroatoms. The first-order valence-electron chi connectivity index (χ1n) is 7.99. The third-order valence-electron chi connectivity index (χ3n) is 2.21. The molecule has 16 nitrogen and oxygen atoms in total. The first kappa shape index (κ1) is 36.9. The van der Waals surface area contributed by atoms with Crippen LogP contribution in [0.1, 0.15) is 68.6 Å². The zero-order chi connectivity index (χ0) is 26.3. The van der Waals surface area contributed by atoms with Crippen molar-refractivity contribution in [2.75, 3.05) is 13.1 Å². The van der Waals surface area contributed by atoms with Gasteiger partial charge in [-0.3, -0.25) is 0 Å². The Hall–Kier alpha value is -2.43. The van der Waals surface area contributed by atoms with Crippen molar-refractivity contribution in [3.8, 4) is 0 Å². The van der Waals surface area contributed by atoms with Gasteiger partial charge in [0.25, 0.3) is 0 Å². The Morgan fingerprint density at radius 1 is 0.656 bits per heavy atom. The SMILES string of the molecule is CCC[NH-].CCC[NH-].O=C(O)c1nc(C(=O)O)c(C(=O)O)nc1C(=O)O.[O]=[V][OH].[O]=[V][OH]. The van der Waals surface area contributed by atoms with Crippen molar-refractivity contribution in [3.63, 3.8) is 0 Å². The molecule has 0 spiro atoms. The average molecular weight is 540 g/mol. The number of carbonyl (C=O) groups is 4. The zero-order valence-corrected chi connectivity index (χ0v) is 19.5. The van der Waals surface area contributed by atoms with E-state index < -0.39 is 79.8 Å². The summed E-state index contributed by atoms with van der Waals surface area (Å²) in [7, 11) is 0. The van der Waals surface area contributed by atoms with E-state index in [-0.39, 0.29) is 0 Å². The van der Waals surface area contributed by atoms with Gasteiger partial charge >= 0.3 is 72.5 Å². The minimum atomic E-state index is -1.83. The van der Waals surface area contributed by atoms with Gasteiger partial charge in [0, 0.05) is 0 Å². The second-order valence-electron chi connectivity index (χ2n) is 4.50. The molecule has 0 aliphatic carbocycles. The number of hydrogen-bond donors (Lipinski definition) is 6. The summed E-state index contributed by atoms with van der Waals surface area (Å²) in [5.74, 6) is -7.34. The number of aromatic carboxylic acids is 4. The van der Waals surface area contributed by atoms with Gasteiger partial charge in [-0.15, -0.1) is 0 Å². The van der Waals surface area contributed by atoms with Crippen LogP contribution in [0, 0.1) is 0 Å². The molecule has 0 aliphatic rings. The van der Waals surface area contributed by atoms with Gasteiger partial charge in [-0.05, 0) is 0 Å². The second-order valence-corrected chi connectivity index (χ2v) is 5.01. The quantitative estimate of drug-likeness (QED) is 0.291. The molecule has 0 saturated carbocycles. The number of nitrogens with one attached hydrogen (secondary N) is 2. The van der Waals surface area contributed by atoms with Crippen molar-refractivity contribution >= 4 is 23.9 Å². The van der Waals surface area contributed by atoms with Crippen molar-refractivity contribution in [3.05, 3.63) is 34.2 Å². The average Bonchev–Trinajstić information content (AvgIpc) is 2.73. The summed E-state index contributed by atoms with van der Waals surface area (Å²) >= 11 is -3.12. The Morgan fingerprint density at radius 3 is 0.844 bits per heavy atom. The third-order valence-corrected chi connectivity index (χ3v) is 2.21. The molecule has 0 aliphatic heterocycles. The summed E-state index contributed by atoms with van der Waals surface area (Å²) in [5.41, 5.74) is 8.31. The van der Waals surface area contributed by atoms with E-state index >= 15 is 0 Å². The molecule has 0 saturated heterocycles. The first-order chi connectivity index (χ1) is 14.9. The summed E-state index contributed by atoms with van der Waals surface area (Å²) in [6.07, 6.45) is 1.97. The van der Waals surface area contributed by atoms with E-state index in [2.05, 4.69) is 9.97 Å². The molecule has 0 bridgehead atoms. The Bertz CT molecular complexity index is 636. The molecule has 0 unspecified atom stereocenters. The molecule has 0 aromatic carbocycles. The van der Waals surface area contributed by atoms with Gasteiger partial charge in [-0.25, -0.2) is 29.1 Å². The van der Waals surface area contributed by atoms with Crippen molar-refractivity contribution in [2.45, 2.75) is 26.7 Å². The summed E-state index contributed by atoms with van der Waals surface area (Å²) in [6.45, 7) is 5.12. The van der Waals surface area contributed by atoms with Gasteiger partial charge in [0.05, 0.1) is 0 Å². The van der Waals surface area contributed by atoms with Crippen LogP contribution in [0.3, 0.4) is 0 Å². The first-order valence-corrected chi connectivity index (χ1v) is 10.4. The zero-order valence-electron chi connectivity index (χ0n) is 16.8. The van der Waals surface area contributed by atoms with Gasteiger partial charge < -0.3 is 31.9 Å². The van der Waals surface area contributed by atoms with Crippen LogP contribution < -0.4 is 0 Å². The van der Waals surface area contributed by atoms with Gasteiger partial charge in [0.15, 0.2) is 22.8 Å². The molecule has 0 amide bonds. The number of aromatic nitrogens is 2. The van der Waals surface area contributed by atoms with E-state index in [0.29, 0.717) is 13.1 Å². The van der Waals surface area contributed by atoms with Crippen molar-refractivity contribution in [1.82, 2.24) is 9.97 Å². The minimum absolute atomic E-state index is 0.569. The topological polar surface area (TPSA) is 297 Å². The van der Waals surface area contributed by atoms with Gasteiger partial charge in [0.1, 0.15) is 0 Å². The van der Waals surface area contributed by atoms with E-state index in [4.69, 9.17) is 47.3 Å². The molecule has 1 rings (SSSR count). The van der Waals surface area contributed by atoms with Crippen molar-refractivity contribution in [1.29, 1.82) is 0 Å². The number of hydrogen-bond acceptors (Lipinski definition) is 8. The summed E-state index contributed by atoms with van der Waals surface area (Å²) in [4.78, 5) is 48.7. The molecule has 1 aromatic heterocycles. The van der Waals surface area contributed by atoms with Crippen LogP contribution in [0.15, 0.2) is 0 Å². The Morgan fingerprint density at radius 2 is 0.781 bits per heavy atom. The van der Waals surface area contributed by atoms with E-state index in [0.717, 1.165) is 12.8 Å². The molecule has 1 aromatic rings. The standard InChI is InChI=1S/C8H4N2O8.2C3H8N.2H2O.2O.2V/c11-5(12)1-2(6(13)14)10-4(8(17)18)3(9-1)7(15)16;2*1-2-3-4;;;;;;/h(H,11,12)(H,13,14)(H,15,16)(H,17,18);2*4H,2-3H2,1H3;2*1H2;;;;/q;2*-1;;;;;2*+1/p-2. The maximum atomic E-state index is 10.7. The van der Waals surface area contributed by atoms with Gasteiger partial charge in [0.2, 0.25) is 0 Å². The fourth-order valence-electron chi connectivity index (χ4n) is 1.03. The van der Waals surface area contributed by atoms with Crippen LogP contribution in [-0.2, 0) is 40.5 Å². The monoisotopic (exact) mass is 540 g/mol. The van der Waals surface area contributed by atoms with Crippen LogP contribution in [0.5, 0.6) is 0 Å². The maximum absolute atomic E-state index is 10.7. The number of carboxylic acid groups (broad SMARTS) is 4. The third kappa shape index (κ3) is 19.5. The number of nitrogens with zero attached hydrogens (tertiary/aromatic N) is 2. The predicted molar refractivity (Wildman–Crippen MR) is 94.6 cm³/mol. The van der Waals surface area contributed by atoms with E-state index in [1.807, 2.05) is 13.8 Å². The number of rotatable bonds is 6. The molecule has 0 radical (unpaired) electrons. The van der Waals surface area contributed by atoms with E-state index in [1.54, 1.807) is 0 Å². The van der Waals surface area contributed by atoms with Gasteiger partial charge in [-0.2, -0.15) is 13.1 Å². The molecule has 32 heavy (non-hydrogen) atoms. The summed E-state index contributed by atoms with van der Waals surface area (Å²) in [6, 6.07) is 0. The van der Waals surface area contributed by atoms with E-state index in [1.165, 1.54) is 0 Å². The fourth-order valence-corrected chi connectivity index (χ4v) is 1.03. The van der Waals surface area contributed by atoms with Crippen LogP contribution >= 0.6 is 0 Å². The predicted octanol–water partition coefficient (Wildman–Crippen LogP) is 0.810. The molecule has 8 N–H and O–H groups in total. The van der Waals surface area contributed by atoms with Crippen molar-refractivity contribution < 1.29 is 88.2 Å². The van der Waals surface area contributed by atoms with Crippen LogP contribution in [0.4, 0.5) is 0 Å². The van der Waals surface area contributed by atoms with Crippen molar-refractivity contribution in [2.24, 2.45) is 0 Å². The van der Waals surface area contributed by atoms with Crippen LogP contribution in [0.2, 0.25) is 0 Å². The Balaban J connectivity index is -0.000000229. The molecule has 182 valence electrons. The molecule has 1 heterocycles. The molecule has 0 atom stereocenters. The summed E-state index contributed by atoms with van der Waals surface area (Å²) in [5, 5.41) is 34.6. The fraction of sp³-hybridized carbons (Fsp3) is 0.429. The summed E-state index contributed by atoms with van der Waals surface area (Å²) < 4.78 is 31.4. The molecular formula is C14H22N4O12V2-2. The molecular weight excluding hydrogens is 518 g/mol. The number of carboxylic acids is 4. The van der Waals surface area contributed by atoms with E-state index in [9.17, 15) is 19.2 Å². The second kappa shape index (κ2) is 24.8. The van der Waals surface area contributed by atoms with Gasteiger partial charge in [-0.1, -0.05) is 26.7 Å². The molecule has 0 fully saturated rings. The van der Waals surface area contributed by atoms with Crippen LogP contribution in [0.25, 0.3) is 11.5 Å².